The van der Waals surface area contributed by atoms with E-state index in [0.29, 0.717) is 31.6 Å². The maximum atomic E-state index is 10.9. The Kier molecular flexibility index (Phi) is 4.36. The number of ether oxygens (including phenoxy) is 2. The van der Waals surface area contributed by atoms with Crippen LogP contribution in [0.3, 0.4) is 0 Å². The van der Waals surface area contributed by atoms with E-state index in [0.717, 1.165) is 12.8 Å². The normalized spacial score (nSPS) is 29.0. The zero-order valence-electron chi connectivity index (χ0n) is 11.9. The highest BCUT2D eigenvalue weighted by atomic mass is 16.5. The smallest absolute Gasteiger partial charge is 0.317 e. The molecule has 1 saturated heterocycles. The molecule has 6 nitrogen and oxygen atoms in total. The third-order valence-corrected chi connectivity index (χ3v) is 4.19. The van der Waals surface area contributed by atoms with Crippen molar-refractivity contribution >= 4 is 5.97 Å². The zero-order chi connectivity index (χ0) is 14.7. The van der Waals surface area contributed by atoms with E-state index in [4.69, 9.17) is 14.6 Å². The second-order valence-electron chi connectivity index (χ2n) is 5.66. The van der Waals surface area contributed by atoms with Crippen LogP contribution in [0.2, 0.25) is 0 Å². The number of carboxylic acids is 1. The lowest BCUT2D eigenvalue weighted by Gasteiger charge is -2.36. The summed E-state index contributed by atoms with van der Waals surface area (Å²) in [7, 11) is 0. The summed E-state index contributed by atoms with van der Waals surface area (Å²) in [5.74, 6) is 0.246. The van der Waals surface area contributed by atoms with E-state index >= 15 is 0 Å². The van der Waals surface area contributed by atoms with E-state index in [2.05, 4.69) is 4.98 Å². The highest BCUT2D eigenvalue weighted by molar-refractivity contribution is 5.69. The quantitative estimate of drug-likeness (QED) is 0.874. The number of pyridine rings is 1. The standard InChI is InChI=1S/C15H20N2O4/c18-15(19)9-17-5-6-20-13-8-11(7-12(13)17)10-21-14-3-1-2-4-16-14/h1-4,11-13H,5-10H2,(H,18,19). The summed E-state index contributed by atoms with van der Waals surface area (Å²) in [6, 6.07) is 5.80. The van der Waals surface area contributed by atoms with Gasteiger partial charge in [0.1, 0.15) is 0 Å². The van der Waals surface area contributed by atoms with Crippen LogP contribution in [0.4, 0.5) is 0 Å². The summed E-state index contributed by atoms with van der Waals surface area (Å²) in [6.45, 7) is 2.01. The lowest BCUT2D eigenvalue weighted by atomic mass is 10.1. The van der Waals surface area contributed by atoms with Crippen LogP contribution in [-0.4, -0.2) is 59.4 Å². The van der Waals surface area contributed by atoms with Crippen molar-refractivity contribution < 1.29 is 19.4 Å². The van der Waals surface area contributed by atoms with Gasteiger partial charge in [0, 0.05) is 24.8 Å². The van der Waals surface area contributed by atoms with Gasteiger partial charge in [-0.05, 0) is 24.8 Å². The van der Waals surface area contributed by atoms with Gasteiger partial charge >= 0.3 is 5.97 Å². The first-order chi connectivity index (χ1) is 10.2. The molecule has 2 aliphatic rings. The number of carboxylic acid groups (broad SMARTS) is 1. The molecule has 1 N–H and O–H groups in total. The van der Waals surface area contributed by atoms with Gasteiger partial charge < -0.3 is 14.6 Å². The Morgan fingerprint density at radius 2 is 2.38 bits per heavy atom. The van der Waals surface area contributed by atoms with Gasteiger partial charge in [0.2, 0.25) is 5.88 Å². The molecule has 1 saturated carbocycles. The molecule has 3 unspecified atom stereocenters. The maximum absolute atomic E-state index is 10.9. The largest absolute Gasteiger partial charge is 0.480 e. The molecule has 0 radical (unpaired) electrons. The van der Waals surface area contributed by atoms with E-state index in [-0.39, 0.29) is 18.7 Å². The molecule has 114 valence electrons. The van der Waals surface area contributed by atoms with Crippen LogP contribution in [0.25, 0.3) is 0 Å². The van der Waals surface area contributed by atoms with Crippen molar-refractivity contribution in [2.45, 2.75) is 25.0 Å². The number of fused-ring (bicyclic) bond motifs is 1. The second kappa shape index (κ2) is 6.41. The Hall–Kier alpha value is -1.66. The number of hydrogen-bond acceptors (Lipinski definition) is 5. The van der Waals surface area contributed by atoms with E-state index in [1.807, 2.05) is 23.1 Å². The first-order valence-corrected chi connectivity index (χ1v) is 7.33. The minimum atomic E-state index is -0.774. The van der Waals surface area contributed by atoms with Gasteiger partial charge in [-0.25, -0.2) is 4.98 Å². The lowest BCUT2D eigenvalue weighted by Crippen LogP contribution is -2.50. The van der Waals surface area contributed by atoms with Gasteiger partial charge in [-0.15, -0.1) is 0 Å². The molecule has 2 heterocycles. The van der Waals surface area contributed by atoms with Crippen molar-refractivity contribution in [1.29, 1.82) is 0 Å². The molecule has 1 aromatic rings. The van der Waals surface area contributed by atoms with Gasteiger partial charge in [-0.2, -0.15) is 0 Å². The van der Waals surface area contributed by atoms with Gasteiger partial charge in [0.25, 0.3) is 0 Å². The number of nitrogens with zero attached hydrogens (tertiary/aromatic N) is 2. The Bertz CT molecular complexity index is 482. The minimum Gasteiger partial charge on any atom is -0.480 e. The fourth-order valence-corrected chi connectivity index (χ4v) is 3.27. The predicted molar refractivity (Wildman–Crippen MR) is 75.2 cm³/mol. The van der Waals surface area contributed by atoms with E-state index < -0.39 is 5.97 Å². The summed E-state index contributed by atoms with van der Waals surface area (Å²) in [6.07, 6.45) is 3.69. The Morgan fingerprint density at radius 3 is 3.14 bits per heavy atom. The van der Waals surface area contributed by atoms with E-state index in [9.17, 15) is 4.79 Å². The van der Waals surface area contributed by atoms with Gasteiger partial charge in [0.05, 0.1) is 25.9 Å². The van der Waals surface area contributed by atoms with Gasteiger partial charge in [0.15, 0.2) is 0 Å². The fraction of sp³-hybridized carbons (Fsp3) is 0.600. The summed E-state index contributed by atoms with van der Waals surface area (Å²) < 4.78 is 11.5. The van der Waals surface area contributed by atoms with Crippen LogP contribution in [-0.2, 0) is 9.53 Å². The SMILES string of the molecule is O=C(O)CN1CCOC2CC(COc3ccccn3)CC21. The maximum Gasteiger partial charge on any atom is 0.317 e. The van der Waals surface area contributed by atoms with Crippen LogP contribution >= 0.6 is 0 Å². The van der Waals surface area contributed by atoms with Gasteiger partial charge in [-0.1, -0.05) is 6.07 Å². The number of aliphatic carboxylic acids is 1. The molecule has 2 fully saturated rings. The molecular weight excluding hydrogens is 272 g/mol. The molecule has 3 rings (SSSR count). The van der Waals surface area contributed by atoms with E-state index in [1.54, 1.807) is 6.20 Å². The monoisotopic (exact) mass is 292 g/mol. The number of carbonyl (C=O) groups is 1. The first-order valence-electron chi connectivity index (χ1n) is 7.33. The van der Waals surface area contributed by atoms with Crippen molar-refractivity contribution in [3.05, 3.63) is 24.4 Å². The molecule has 6 heteroatoms. The number of morpholine rings is 1. The molecule has 0 amide bonds. The molecule has 1 aliphatic carbocycles. The van der Waals surface area contributed by atoms with Crippen molar-refractivity contribution in [1.82, 2.24) is 9.88 Å². The first kappa shape index (κ1) is 14.3. The van der Waals surface area contributed by atoms with Crippen molar-refractivity contribution in [3.8, 4) is 5.88 Å². The molecule has 1 aromatic heterocycles. The average Bonchev–Trinajstić information content (AvgIpc) is 2.90. The molecule has 0 aromatic carbocycles. The Labute approximate surface area is 123 Å². The molecule has 0 spiro atoms. The third-order valence-electron chi connectivity index (χ3n) is 4.19. The fourth-order valence-electron chi connectivity index (χ4n) is 3.27. The summed E-state index contributed by atoms with van der Waals surface area (Å²) in [5.41, 5.74) is 0. The van der Waals surface area contributed by atoms with Crippen LogP contribution in [0.15, 0.2) is 24.4 Å². The average molecular weight is 292 g/mol. The lowest BCUT2D eigenvalue weighted by molar-refractivity contribution is -0.142. The second-order valence-corrected chi connectivity index (χ2v) is 5.66. The highest BCUT2D eigenvalue weighted by Gasteiger charge is 2.41. The number of aromatic nitrogens is 1. The third kappa shape index (κ3) is 3.51. The Morgan fingerprint density at radius 1 is 1.48 bits per heavy atom. The summed E-state index contributed by atoms with van der Waals surface area (Å²) >= 11 is 0. The van der Waals surface area contributed by atoms with Gasteiger partial charge in [-0.3, -0.25) is 9.69 Å². The number of rotatable bonds is 5. The molecule has 3 atom stereocenters. The summed E-state index contributed by atoms with van der Waals surface area (Å²) in [4.78, 5) is 17.1. The predicted octanol–water partition coefficient (Wildman–Crippen LogP) is 1.02. The zero-order valence-corrected chi connectivity index (χ0v) is 11.9. The number of hydrogen-bond donors (Lipinski definition) is 1. The minimum absolute atomic E-state index is 0.0956. The van der Waals surface area contributed by atoms with Crippen LogP contribution in [0.5, 0.6) is 5.88 Å². The van der Waals surface area contributed by atoms with Crippen LogP contribution in [0.1, 0.15) is 12.8 Å². The van der Waals surface area contributed by atoms with Crippen LogP contribution in [0, 0.1) is 5.92 Å². The topological polar surface area (TPSA) is 71.9 Å². The van der Waals surface area contributed by atoms with Crippen molar-refractivity contribution in [3.63, 3.8) is 0 Å². The molecule has 21 heavy (non-hydrogen) atoms. The summed E-state index contributed by atoms with van der Waals surface area (Å²) in [5, 5.41) is 8.99. The van der Waals surface area contributed by atoms with Crippen LogP contribution < -0.4 is 4.74 Å². The van der Waals surface area contributed by atoms with Crippen molar-refractivity contribution in [2.24, 2.45) is 5.92 Å². The van der Waals surface area contributed by atoms with Crippen molar-refractivity contribution in [2.75, 3.05) is 26.3 Å². The highest BCUT2D eigenvalue weighted by Crippen LogP contribution is 2.34. The molecule has 1 aliphatic heterocycles. The molecule has 0 bridgehead atoms. The Balaban J connectivity index is 1.54. The van der Waals surface area contributed by atoms with E-state index in [1.165, 1.54) is 0 Å². The molecular formula is C15H20N2O4.